The van der Waals surface area contributed by atoms with Crippen molar-refractivity contribution in [2.75, 3.05) is 14.1 Å². The highest BCUT2D eigenvalue weighted by Gasteiger charge is 2.20. The Labute approximate surface area is 156 Å². The summed E-state index contributed by atoms with van der Waals surface area (Å²) in [6.07, 6.45) is 0. The van der Waals surface area contributed by atoms with Crippen LogP contribution in [0.5, 0.6) is 0 Å². The van der Waals surface area contributed by atoms with Crippen molar-refractivity contribution in [2.45, 2.75) is 22.3 Å². The second-order valence-corrected chi connectivity index (χ2v) is 9.53. The minimum Gasteiger partial charge on any atom is -0.431 e. The van der Waals surface area contributed by atoms with Crippen LogP contribution in [0.4, 0.5) is 0 Å². The molecule has 5 nitrogen and oxygen atoms in total. The predicted octanol–water partition coefficient (Wildman–Crippen LogP) is 4.58. The fraction of sp³-hybridized carbons (Fsp3) is 0.235. The van der Waals surface area contributed by atoms with Gasteiger partial charge in [-0.1, -0.05) is 41.6 Å². The molecule has 1 heterocycles. The van der Waals surface area contributed by atoms with E-state index >= 15 is 0 Å². The van der Waals surface area contributed by atoms with Gasteiger partial charge in [-0.25, -0.2) is 17.7 Å². The molecule has 0 N–H and O–H groups in total. The van der Waals surface area contributed by atoms with Crippen molar-refractivity contribution in [3.8, 4) is 0 Å². The highest BCUT2D eigenvalue weighted by atomic mass is 35.5. The van der Waals surface area contributed by atoms with E-state index in [1.807, 2.05) is 31.2 Å². The molecule has 8 heteroatoms. The molecule has 3 aromatic rings. The Balaban J connectivity index is 1.90. The van der Waals surface area contributed by atoms with Gasteiger partial charge in [-0.05, 0) is 36.8 Å². The summed E-state index contributed by atoms with van der Waals surface area (Å²) in [7, 11) is -0.513. The number of thioether (sulfide) groups is 1. The first kappa shape index (κ1) is 18.3. The summed E-state index contributed by atoms with van der Waals surface area (Å²) >= 11 is 7.66. The van der Waals surface area contributed by atoms with Gasteiger partial charge in [0.25, 0.3) is 5.22 Å². The first-order chi connectivity index (χ1) is 11.8. The van der Waals surface area contributed by atoms with Gasteiger partial charge in [0.1, 0.15) is 5.52 Å². The van der Waals surface area contributed by atoms with E-state index in [1.54, 1.807) is 6.07 Å². The predicted molar refractivity (Wildman–Crippen MR) is 101 cm³/mol. The molecule has 2 aromatic carbocycles. The standard InChI is InChI=1S/C17H17ClN2O3S2/c1-11(13-6-4-5-7-14(13)18)24-17-19-15-10-12(8-9-16(15)23-17)25(21,22)20(2)3/h4-11H,1-3H3. The smallest absolute Gasteiger partial charge is 0.257 e. The van der Waals surface area contributed by atoms with Gasteiger partial charge in [0.05, 0.1) is 4.90 Å². The Bertz CT molecular complexity index is 1020. The van der Waals surface area contributed by atoms with E-state index in [9.17, 15) is 8.42 Å². The van der Waals surface area contributed by atoms with Crippen molar-refractivity contribution in [3.05, 3.63) is 53.1 Å². The molecule has 0 spiro atoms. The van der Waals surface area contributed by atoms with Gasteiger partial charge >= 0.3 is 0 Å². The van der Waals surface area contributed by atoms with E-state index in [4.69, 9.17) is 16.0 Å². The van der Waals surface area contributed by atoms with Crippen LogP contribution in [0.3, 0.4) is 0 Å². The van der Waals surface area contributed by atoms with Crippen LogP contribution in [-0.2, 0) is 10.0 Å². The Morgan fingerprint density at radius 2 is 1.92 bits per heavy atom. The van der Waals surface area contributed by atoms with E-state index in [2.05, 4.69) is 4.98 Å². The average Bonchev–Trinajstić information content (AvgIpc) is 2.96. The Morgan fingerprint density at radius 1 is 1.20 bits per heavy atom. The van der Waals surface area contributed by atoms with Crippen LogP contribution in [0.25, 0.3) is 11.1 Å². The second kappa shape index (κ2) is 6.99. The van der Waals surface area contributed by atoms with E-state index < -0.39 is 10.0 Å². The fourth-order valence-corrected chi connectivity index (χ4v) is 4.54. The molecule has 0 saturated carbocycles. The molecule has 0 radical (unpaired) electrons. The minimum atomic E-state index is -3.50. The summed E-state index contributed by atoms with van der Waals surface area (Å²) in [5, 5.41) is 1.21. The van der Waals surface area contributed by atoms with Crippen LogP contribution in [0, 0.1) is 0 Å². The molecule has 1 atom stereocenters. The summed E-state index contributed by atoms with van der Waals surface area (Å²) in [6.45, 7) is 2.02. The first-order valence-electron chi connectivity index (χ1n) is 7.53. The van der Waals surface area contributed by atoms with Crippen molar-refractivity contribution in [1.29, 1.82) is 0 Å². The van der Waals surface area contributed by atoms with Gasteiger partial charge in [-0.3, -0.25) is 0 Å². The normalized spacial score (nSPS) is 13.5. The third-order valence-electron chi connectivity index (χ3n) is 3.74. The lowest BCUT2D eigenvalue weighted by Crippen LogP contribution is -2.22. The molecule has 25 heavy (non-hydrogen) atoms. The molecule has 0 fully saturated rings. The number of fused-ring (bicyclic) bond motifs is 1. The van der Waals surface area contributed by atoms with Gasteiger partial charge in [0.2, 0.25) is 10.0 Å². The number of halogens is 1. The molecule has 132 valence electrons. The third kappa shape index (κ3) is 3.69. The topological polar surface area (TPSA) is 63.4 Å². The molecule has 0 saturated heterocycles. The highest BCUT2D eigenvalue weighted by Crippen LogP contribution is 2.38. The number of hydrogen-bond donors (Lipinski definition) is 0. The fourth-order valence-electron chi connectivity index (χ4n) is 2.33. The maximum Gasteiger partial charge on any atom is 0.257 e. The zero-order chi connectivity index (χ0) is 18.2. The maximum absolute atomic E-state index is 12.2. The molecule has 1 aromatic heterocycles. The lowest BCUT2D eigenvalue weighted by Gasteiger charge is -2.10. The van der Waals surface area contributed by atoms with Crippen molar-refractivity contribution in [2.24, 2.45) is 0 Å². The van der Waals surface area contributed by atoms with Gasteiger partial charge in [0, 0.05) is 24.4 Å². The lowest BCUT2D eigenvalue weighted by atomic mass is 10.2. The van der Waals surface area contributed by atoms with Gasteiger partial charge in [-0.2, -0.15) is 0 Å². The van der Waals surface area contributed by atoms with Crippen LogP contribution in [0.2, 0.25) is 5.02 Å². The molecular weight excluding hydrogens is 380 g/mol. The number of rotatable bonds is 5. The van der Waals surface area contributed by atoms with Crippen molar-refractivity contribution in [1.82, 2.24) is 9.29 Å². The number of hydrogen-bond acceptors (Lipinski definition) is 5. The quantitative estimate of drug-likeness (QED) is 0.590. The van der Waals surface area contributed by atoms with Crippen LogP contribution < -0.4 is 0 Å². The molecule has 0 amide bonds. The molecule has 0 aliphatic heterocycles. The third-order valence-corrected chi connectivity index (χ3v) is 6.88. The molecule has 1 unspecified atom stereocenters. The largest absolute Gasteiger partial charge is 0.431 e. The van der Waals surface area contributed by atoms with Crippen molar-refractivity contribution >= 4 is 44.5 Å². The Hall–Kier alpha value is -1.54. The Morgan fingerprint density at radius 3 is 2.60 bits per heavy atom. The SMILES string of the molecule is CC(Sc1nc2cc(S(=O)(=O)N(C)C)ccc2o1)c1ccccc1Cl. The van der Waals surface area contributed by atoms with E-state index in [0.29, 0.717) is 21.3 Å². The van der Waals surface area contributed by atoms with Crippen molar-refractivity contribution in [3.63, 3.8) is 0 Å². The Kier molecular flexibility index (Phi) is 5.11. The summed E-state index contributed by atoms with van der Waals surface area (Å²) < 4.78 is 31.4. The summed E-state index contributed by atoms with van der Waals surface area (Å²) in [5.41, 5.74) is 2.05. The maximum atomic E-state index is 12.2. The molecular formula is C17H17ClN2O3S2. The van der Waals surface area contributed by atoms with Crippen LogP contribution in [-0.4, -0.2) is 31.8 Å². The zero-order valence-electron chi connectivity index (χ0n) is 13.9. The van der Waals surface area contributed by atoms with Gasteiger partial charge in [-0.15, -0.1) is 0 Å². The molecule has 0 aliphatic rings. The second-order valence-electron chi connectivity index (χ2n) is 5.68. The van der Waals surface area contributed by atoms with E-state index in [1.165, 1.54) is 42.3 Å². The highest BCUT2D eigenvalue weighted by molar-refractivity contribution is 7.99. The van der Waals surface area contributed by atoms with E-state index in [-0.39, 0.29) is 10.1 Å². The minimum absolute atomic E-state index is 0.0479. The van der Waals surface area contributed by atoms with Crippen LogP contribution in [0.15, 0.2) is 57.0 Å². The zero-order valence-corrected chi connectivity index (χ0v) is 16.3. The molecule has 0 bridgehead atoms. The number of aromatic nitrogens is 1. The monoisotopic (exact) mass is 396 g/mol. The van der Waals surface area contributed by atoms with Gasteiger partial charge < -0.3 is 4.42 Å². The van der Waals surface area contributed by atoms with Gasteiger partial charge in [0.15, 0.2) is 5.58 Å². The number of benzene rings is 2. The van der Waals surface area contributed by atoms with Crippen LogP contribution >= 0.6 is 23.4 Å². The number of sulfonamides is 1. The van der Waals surface area contributed by atoms with E-state index in [0.717, 1.165) is 5.56 Å². The number of nitrogens with zero attached hydrogens (tertiary/aromatic N) is 2. The van der Waals surface area contributed by atoms with Crippen LogP contribution in [0.1, 0.15) is 17.7 Å². The lowest BCUT2D eigenvalue weighted by molar-refractivity contribution is 0.488. The number of oxazole rings is 1. The average molecular weight is 397 g/mol. The summed E-state index contributed by atoms with van der Waals surface area (Å²) in [6, 6.07) is 12.3. The summed E-state index contributed by atoms with van der Waals surface area (Å²) in [4.78, 5) is 4.60. The summed E-state index contributed by atoms with van der Waals surface area (Å²) in [5.74, 6) is 0. The molecule has 0 aliphatic carbocycles. The molecule has 3 rings (SSSR count). The van der Waals surface area contributed by atoms with Crippen molar-refractivity contribution < 1.29 is 12.8 Å². The first-order valence-corrected chi connectivity index (χ1v) is 10.2.